The van der Waals surface area contributed by atoms with Gasteiger partial charge in [0.15, 0.2) is 11.6 Å². The van der Waals surface area contributed by atoms with E-state index in [1.54, 1.807) is 12.0 Å². The van der Waals surface area contributed by atoms with Crippen LogP contribution in [0.4, 0.5) is 8.78 Å². The van der Waals surface area contributed by atoms with E-state index in [4.69, 9.17) is 9.47 Å². The number of amides is 2. The third kappa shape index (κ3) is 4.07. The van der Waals surface area contributed by atoms with E-state index < -0.39 is 17.2 Å². The van der Waals surface area contributed by atoms with Crippen LogP contribution < -0.4 is 5.32 Å². The van der Waals surface area contributed by atoms with Crippen LogP contribution in [0.1, 0.15) is 43.6 Å². The summed E-state index contributed by atoms with van der Waals surface area (Å²) in [4.78, 5) is 27.4. The molecule has 1 saturated carbocycles. The molecule has 6 nitrogen and oxygen atoms in total. The normalized spacial score (nSPS) is 32.2. The molecule has 4 rings (SSSR count). The van der Waals surface area contributed by atoms with Crippen molar-refractivity contribution < 1.29 is 27.8 Å². The number of methoxy groups -OCH3 is 1. The largest absolute Gasteiger partial charge is 0.381 e. The highest BCUT2D eigenvalue weighted by molar-refractivity contribution is 5.81. The van der Waals surface area contributed by atoms with Gasteiger partial charge in [0.25, 0.3) is 0 Å². The molecular formula is C22H28F2N2O4. The summed E-state index contributed by atoms with van der Waals surface area (Å²) in [7, 11) is 1.67. The smallest absolute Gasteiger partial charge is 0.225 e. The Hall–Kier alpha value is -2.06. The molecule has 2 saturated heterocycles. The number of likely N-dealkylation sites (tertiary alicyclic amines) is 1. The van der Waals surface area contributed by atoms with Crippen molar-refractivity contribution >= 4 is 11.8 Å². The van der Waals surface area contributed by atoms with E-state index in [-0.39, 0.29) is 49.3 Å². The van der Waals surface area contributed by atoms with Crippen molar-refractivity contribution in [2.75, 3.05) is 33.4 Å². The summed E-state index contributed by atoms with van der Waals surface area (Å²) < 4.78 is 38.7. The van der Waals surface area contributed by atoms with Crippen LogP contribution >= 0.6 is 0 Å². The van der Waals surface area contributed by atoms with E-state index in [2.05, 4.69) is 5.32 Å². The van der Waals surface area contributed by atoms with Crippen LogP contribution in [0.2, 0.25) is 0 Å². The Bertz CT molecular complexity index is 820. The second-order valence-corrected chi connectivity index (χ2v) is 8.67. The number of ether oxygens (including phenoxy) is 2. The highest BCUT2D eigenvalue weighted by atomic mass is 19.2. The first kappa shape index (κ1) is 21.2. The van der Waals surface area contributed by atoms with Crippen molar-refractivity contribution in [3.63, 3.8) is 0 Å². The van der Waals surface area contributed by atoms with Crippen molar-refractivity contribution in [2.24, 2.45) is 5.92 Å². The Balaban J connectivity index is 1.62. The van der Waals surface area contributed by atoms with E-state index in [1.165, 1.54) is 6.07 Å². The van der Waals surface area contributed by atoms with Gasteiger partial charge >= 0.3 is 0 Å². The number of nitrogens with zero attached hydrogens (tertiary/aromatic N) is 1. The fraction of sp³-hybridized carbons (Fsp3) is 0.636. The molecule has 4 atom stereocenters. The van der Waals surface area contributed by atoms with Gasteiger partial charge in [-0.2, -0.15) is 0 Å². The number of hydrogen-bond acceptors (Lipinski definition) is 4. The fourth-order valence-electron chi connectivity index (χ4n) is 5.14. The summed E-state index contributed by atoms with van der Waals surface area (Å²) in [6.45, 7) is 1.12. The molecule has 0 aromatic heterocycles. The minimum atomic E-state index is -0.941. The predicted molar refractivity (Wildman–Crippen MR) is 105 cm³/mol. The van der Waals surface area contributed by atoms with Gasteiger partial charge in [-0.25, -0.2) is 8.78 Å². The Morgan fingerprint density at radius 2 is 2.13 bits per heavy atom. The number of carbonyl (C=O) groups excluding carboxylic acids is 2. The monoisotopic (exact) mass is 422 g/mol. The summed E-state index contributed by atoms with van der Waals surface area (Å²) in [5.41, 5.74) is -0.309. The van der Waals surface area contributed by atoms with Crippen LogP contribution in [0, 0.1) is 17.6 Å². The quantitative estimate of drug-likeness (QED) is 0.812. The lowest BCUT2D eigenvalue weighted by molar-refractivity contribution is -0.137. The molecule has 2 heterocycles. The Morgan fingerprint density at radius 1 is 1.30 bits per heavy atom. The van der Waals surface area contributed by atoms with E-state index >= 15 is 0 Å². The number of benzene rings is 1. The second kappa shape index (κ2) is 8.59. The zero-order valence-electron chi connectivity index (χ0n) is 17.2. The van der Waals surface area contributed by atoms with Gasteiger partial charge in [-0.3, -0.25) is 9.59 Å². The lowest BCUT2D eigenvalue weighted by atomic mass is 9.82. The van der Waals surface area contributed by atoms with Crippen molar-refractivity contribution in [1.82, 2.24) is 10.2 Å². The maximum absolute atomic E-state index is 14.0. The highest BCUT2D eigenvalue weighted by Gasteiger charge is 2.51. The lowest BCUT2D eigenvalue weighted by Gasteiger charge is -2.34. The van der Waals surface area contributed by atoms with E-state index in [0.717, 1.165) is 31.4 Å². The van der Waals surface area contributed by atoms with Gasteiger partial charge < -0.3 is 19.7 Å². The molecular weight excluding hydrogens is 394 g/mol. The number of hydrogen-bond donors (Lipinski definition) is 1. The molecule has 0 radical (unpaired) electrons. The number of rotatable bonds is 3. The standard InChI is InChI=1S/C22H28F2N2O4/c1-29-16-4-2-3-15(9-16)21(28)26-11-17(14-5-6-18(23)19(24)10-14)22(12-26)13-30-8-7-20(27)25-22/h5-6,10,15-17H,2-4,7-9,11-13H2,1H3,(H,25,27)/t15-,16-,17-,22-/m0/s1. The first-order valence-corrected chi connectivity index (χ1v) is 10.6. The van der Waals surface area contributed by atoms with E-state index in [1.807, 2.05) is 0 Å². The SMILES string of the molecule is CO[C@H]1CCC[C@H](C(=O)N2C[C@@H](c3ccc(F)c(F)c3)[C@@]3(COCCC(=O)N3)C2)C1. The molecule has 2 aliphatic heterocycles. The molecule has 164 valence electrons. The predicted octanol–water partition coefficient (Wildman–Crippen LogP) is 2.37. The maximum atomic E-state index is 14.0. The lowest BCUT2D eigenvalue weighted by Crippen LogP contribution is -2.56. The van der Waals surface area contributed by atoms with E-state index in [9.17, 15) is 18.4 Å². The molecule has 0 bridgehead atoms. The number of halogens is 2. The topological polar surface area (TPSA) is 67.9 Å². The first-order chi connectivity index (χ1) is 14.4. The summed E-state index contributed by atoms with van der Waals surface area (Å²) >= 11 is 0. The van der Waals surface area contributed by atoms with Crippen LogP contribution in [0.25, 0.3) is 0 Å². The molecule has 1 N–H and O–H groups in total. The molecule has 3 aliphatic rings. The van der Waals surface area contributed by atoms with Crippen LogP contribution in [-0.4, -0.2) is 61.8 Å². The zero-order valence-corrected chi connectivity index (χ0v) is 17.2. The molecule has 2 amide bonds. The fourth-order valence-corrected chi connectivity index (χ4v) is 5.14. The Labute approximate surface area is 174 Å². The third-order valence-corrected chi connectivity index (χ3v) is 6.73. The molecule has 30 heavy (non-hydrogen) atoms. The van der Waals surface area contributed by atoms with Crippen molar-refractivity contribution in [3.8, 4) is 0 Å². The molecule has 1 aliphatic carbocycles. The minimum Gasteiger partial charge on any atom is -0.381 e. The van der Waals surface area contributed by atoms with Gasteiger partial charge in [-0.05, 0) is 37.0 Å². The number of nitrogens with one attached hydrogen (secondary N) is 1. The van der Waals surface area contributed by atoms with E-state index in [0.29, 0.717) is 25.1 Å². The summed E-state index contributed by atoms with van der Waals surface area (Å²) in [5, 5.41) is 3.05. The zero-order chi connectivity index (χ0) is 21.3. The van der Waals surface area contributed by atoms with Crippen LogP contribution in [-0.2, 0) is 19.1 Å². The van der Waals surface area contributed by atoms with Gasteiger partial charge in [0, 0.05) is 38.5 Å². The minimum absolute atomic E-state index is 0.0275. The molecule has 1 spiro atoms. The highest BCUT2D eigenvalue weighted by Crippen LogP contribution is 2.39. The second-order valence-electron chi connectivity index (χ2n) is 8.67. The average Bonchev–Trinajstić information content (AvgIpc) is 3.00. The molecule has 8 heteroatoms. The van der Waals surface area contributed by atoms with Crippen molar-refractivity contribution in [1.29, 1.82) is 0 Å². The maximum Gasteiger partial charge on any atom is 0.225 e. The van der Waals surface area contributed by atoms with Crippen molar-refractivity contribution in [3.05, 3.63) is 35.4 Å². The van der Waals surface area contributed by atoms with Gasteiger partial charge in [0.05, 0.1) is 24.9 Å². The average molecular weight is 422 g/mol. The third-order valence-electron chi connectivity index (χ3n) is 6.73. The summed E-state index contributed by atoms with van der Waals surface area (Å²) in [6, 6.07) is 3.78. The van der Waals surface area contributed by atoms with Gasteiger partial charge in [-0.15, -0.1) is 0 Å². The van der Waals surface area contributed by atoms with Crippen LogP contribution in [0.5, 0.6) is 0 Å². The molecule has 0 unspecified atom stereocenters. The molecule has 3 fully saturated rings. The summed E-state index contributed by atoms with van der Waals surface area (Å²) in [6.07, 6.45) is 3.68. The van der Waals surface area contributed by atoms with Crippen LogP contribution in [0.3, 0.4) is 0 Å². The van der Waals surface area contributed by atoms with Gasteiger partial charge in [0.2, 0.25) is 11.8 Å². The summed E-state index contributed by atoms with van der Waals surface area (Å²) in [5.74, 6) is -2.52. The molecule has 1 aromatic rings. The van der Waals surface area contributed by atoms with Crippen LogP contribution in [0.15, 0.2) is 18.2 Å². The van der Waals surface area contributed by atoms with Gasteiger partial charge in [-0.1, -0.05) is 12.5 Å². The number of carbonyl (C=O) groups is 2. The molecule has 1 aromatic carbocycles. The Morgan fingerprint density at radius 3 is 2.90 bits per heavy atom. The Kier molecular flexibility index (Phi) is 6.06. The van der Waals surface area contributed by atoms with Crippen molar-refractivity contribution in [2.45, 2.75) is 49.7 Å². The first-order valence-electron chi connectivity index (χ1n) is 10.6. The van der Waals surface area contributed by atoms with Gasteiger partial charge in [0.1, 0.15) is 0 Å².